The number of carbonyl (C=O) groups is 6. The van der Waals surface area contributed by atoms with Crippen LogP contribution in [0.3, 0.4) is 0 Å². The number of hydrogen-bond acceptors (Lipinski definition) is 15. The van der Waals surface area contributed by atoms with Gasteiger partial charge in [0, 0.05) is 61.8 Å². The lowest BCUT2D eigenvalue weighted by Crippen LogP contribution is -2.42. The Morgan fingerprint density at radius 2 is 0.521 bits per heavy atom. The highest BCUT2D eigenvalue weighted by Crippen LogP contribution is 2.23. The zero-order valence-electron chi connectivity index (χ0n) is 65.2. The number of aliphatic hydroxyl groups is 2. The Balaban J connectivity index is 0.00000150. The highest BCUT2D eigenvalue weighted by molar-refractivity contribution is 9.10. The molecule has 630 valence electrons. The first-order chi connectivity index (χ1) is 53.8. The maximum atomic E-state index is 12.4. The van der Waals surface area contributed by atoms with Gasteiger partial charge >= 0.3 is 37.0 Å². The molecule has 10 rings (SSSR count). The molecule has 0 spiro atoms. The molecule has 4 N–H and O–H groups in total. The molecule has 0 fully saturated rings. The molecule has 0 heterocycles. The summed E-state index contributed by atoms with van der Waals surface area (Å²) in [6, 6.07) is 86.1. The number of rotatable bonds is 32. The number of aliphatic hydroxyl groups excluding tert-OH is 2. The number of nitrogens with zero attached hydrogens (tertiary/aromatic N) is 3. The van der Waals surface area contributed by atoms with Gasteiger partial charge in [-0.25, -0.2) is 24.0 Å². The number of halogens is 2. The summed E-state index contributed by atoms with van der Waals surface area (Å²) in [6.07, 6.45) is 4.78. The highest BCUT2D eigenvalue weighted by Gasteiger charge is 2.20. The van der Waals surface area contributed by atoms with Crippen molar-refractivity contribution in [3.8, 4) is 33.4 Å². The summed E-state index contributed by atoms with van der Waals surface area (Å²) >= 11 is 8.44. The molecule has 0 saturated carbocycles. The van der Waals surface area contributed by atoms with Crippen LogP contribution < -0.4 is 5.46 Å². The van der Waals surface area contributed by atoms with E-state index in [4.69, 9.17) is 50.8 Å². The third-order valence-corrected chi connectivity index (χ3v) is 18.2. The minimum atomic E-state index is -1.34. The quantitative estimate of drug-likeness (QED) is 0.00767. The van der Waals surface area contributed by atoms with E-state index in [1.807, 2.05) is 194 Å². The van der Waals surface area contributed by atoms with Crippen LogP contribution in [-0.4, -0.2) is 204 Å². The summed E-state index contributed by atoms with van der Waals surface area (Å²) in [5.74, 6) is -1.48. The molecule has 0 atom stereocenters. The molecule has 10 aromatic rings. The van der Waals surface area contributed by atoms with Gasteiger partial charge in [0.05, 0.1) is 143 Å². The van der Waals surface area contributed by atoms with Gasteiger partial charge in [0.2, 0.25) is 0 Å². The van der Waals surface area contributed by atoms with Crippen molar-refractivity contribution in [2.45, 2.75) is 75.7 Å². The molecule has 18 nitrogen and oxygen atoms in total. The van der Waals surface area contributed by atoms with Crippen molar-refractivity contribution < 1.29 is 86.2 Å². The van der Waals surface area contributed by atoms with Gasteiger partial charge in [0.15, 0.2) is 0 Å². The lowest BCUT2D eigenvalue weighted by Gasteiger charge is -2.29. The molecule has 10 aromatic carbocycles. The van der Waals surface area contributed by atoms with E-state index in [0.29, 0.717) is 65.3 Å². The van der Waals surface area contributed by atoms with Crippen LogP contribution in [0.1, 0.15) is 138 Å². The van der Waals surface area contributed by atoms with E-state index in [1.54, 1.807) is 84.9 Å². The summed E-state index contributed by atoms with van der Waals surface area (Å²) in [5, 5.41) is 33.9. The SMILES string of the molecule is C.C.C.C.C.COC(=O)c1ccc(-c2ccccc2)cc1.C[N+](C)(CCCO)CCCO.C[N+](C)(CCCOC(=O)c1ccc(-c2ccccc2)cc1)CCCOC(=O)c1ccc(-c2ccccc2)cc1.C[N+](C)(CCCOC(=O)c1ccccc1)CCCOC(=O)c1ccccc1.O=C(Cl)c1ccc(Br)cc1.OB(O)c1ccccc1. The van der Waals surface area contributed by atoms with Gasteiger partial charge in [-0.05, 0) is 135 Å². The normalized spacial score (nSPS) is 10.2. The molecule has 0 aliphatic carbocycles. The van der Waals surface area contributed by atoms with Crippen molar-refractivity contribution in [3.05, 3.63) is 317 Å². The molecule has 21 heteroatoms. The fourth-order valence-electron chi connectivity index (χ4n) is 11.1. The minimum absolute atomic E-state index is 0. The van der Waals surface area contributed by atoms with E-state index in [-0.39, 0.29) is 80.2 Å². The van der Waals surface area contributed by atoms with Crippen molar-refractivity contribution in [3.63, 3.8) is 0 Å². The van der Waals surface area contributed by atoms with Crippen LogP contribution in [0, 0.1) is 0 Å². The van der Waals surface area contributed by atoms with Crippen LogP contribution in [0.4, 0.5) is 0 Å². The van der Waals surface area contributed by atoms with Crippen LogP contribution in [0.15, 0.2) is 284 Å². The monoisotopic (exact) mass is 1690 g/mol. The molecule has 0 amide bonds. The second-order valence-corrected chi connectivity index (χ2v) is 29.1. The molecular formula is C96H127BBrClN3O15+3. The zero-order valence-corrected chi connectivity index (χ0v) is 67.6. The van der Waals surface area contributed by atoms with Crippen LogP contribution >= 0.6 is 27.5 Å². The molecule has 117 heavy (non-hydrogen) atoms. The molecule has 0 aliphatic heterocycles. The van der Waals surface area contributed by atoms with Crippen molar-refractivity contribution in [2.75, 3.05) is 128 Å². The predicted octanol–water partition coefficient (Wildman–Crippen LogP) is 18.8. The standard InChI is InChI=1S/C34H36NO4.C22H28NO4.C14H12O2.C8H20NO2.C7H4BrClO.C6H7BO2.5CH4/c1-35(2,23-9-25-38-33(36)31-19-15-29(16-20-31)27-11-5-3-6-12-27)24-10-26-39-34(37)32-21-17-30(18-22-32)28-13-7-4-8-14-28;1-23(2,15-9-17-26-21(24)19-11-5-3-6-12-19)16-10-18-27-22(25)20-13-7-4-8-14-20;1-16-14(15)13-9-7-12(8-10-13)11-5-3-2-4-6-11;1-9(2,5-3-7-10)6-4-8-11;8-6-3-1-5(2-4-6)7(9)10;8-7(9)6-4-2-1-3-5-6;;;;;/h3-8,11-22H,9-10,23-26H2,1-2H3;3-8,11-14H,9-10,15-18H2,1-2H3;2-10H,1H3;10-11H,3-8H2,1-2H3;1-4H;1-5,8-9H;5*1H4/q2*+1;;+1;;;;;;;. The molecule has 0 aromatic heterocycles. The summed E-state index contributed by atoms with van der Waals surface area (Å²) in [5.41, 5.74) is 10.5. The number of methoxy groups -OCH3 is 1. The number of carbonyl (C=O) groups excluding carboxylic acids is 6. The van der Waals surface area contributed by atoms with Crippen molar-refractivity contribution in [2.24, 2.45) is 0 Å². The summed E-state index contributed by atoms with van der Waals surface area (Å²) in [7, 11) is 12.8. The average molecular weight is 1690 g/mol. The molecule has 0 radical (unpaired) electrons. The Labute approximate surface area is 711 Å². The van der Waals surface area contributed by atoms with Gasteiger partial charge in [-0.2, -0.15) is 0 Å². The van der Waals surface area contributed by atoms with E-state index in [0.717, 1.165) is 129 Å². The van der Waals surface area contributed by atoms with E-state index in [2.05, 4.69) is 63.0 Å². The molecule has 0 bridgehead atoms. The second kappa shape index (κ2) is 59.4. The van der Waals surface area contributed by atoms with E-state index in [9.17, 15) is 28.8 Å². The van der Waals surface area contributed by atoms with Crippen LogP contribution in [0.25, 0.3) is 33.4 Å². The lowest BCUT2D eigenvalue weighted by molar-refractivity contribution is -0.890. The van der Waals surface area contributed by atoms with Gasteiger partial charge < -0.3 is 57.4 Å². The Morgan fingerprint density at radius 1 is 0.308 bits per heavy atom. The number of ether oxygens (including phenoxy) is 5. The van der Waals surface area contributed by atoms with Gasteiger partial charge in [-0.15, -0.1) is 0 Å². The van der Waals surface area contributed by atoms with Crippen LogP contribution in [0.2, 0.25) is 0 Å². The van der Waals surface area contributed by atoms with Crippen molar-refractivity contribution >= 4 is 75.2 Å². The number of quaternary nitrogens is 3. The third kappa shape index (κ3) is 43.5. The smallest absolute Gasteiger partial charge is 0.465 e. The zero-order chi connectivity index (χ0) is 81.4. The number of benzene rings is 10. The Bertz CT molecular complexity index is 4130. The Morgan fingerprint density at radius 3 is 0.752 bits per heavy atom. The highest BCUT2D eigenvalue weighted by atomic mass is 79.9. The maximum absolute atomic E-state index is 12.4. The summed E-state index contributed by atoms with van der Waals surface area (Å²) in [6.45, 7) is 7.52. The second-order valence-electron chi connectivity index (χ2n) is 27.9. The molecular weight excluding hydrogens is 1560 g/mol. The number of hydrogen-bond donors (Lipinski definition) is 4. The van der Waals surface area contributed by atoms with Crippen LogP contribution in [0.5, 0.6) is 0 Å². The van der Waals surface area contributed by atoms with E-state index >= 15 is 0 Å². The Hall–Kier alpha value is -10.2. The van der Waals surface area contributed by atoms with Gasteiger partial charge in [-0.1, -0.05) is 247 Å². The summed E-state index contributed by atoms with van der Waals surface area (Å²) < 4.78 is 29.6. The third-order valence-electron chi connectivity index (χ3n) is 17.5. The average Bonchev–Trinajstić information content (AvgIpc) is 0.858. The number of esters is 5. The van der Waals surface area contributed by atoms with Gasteiger partial charge in [0.25, 0.3) is 5.24 Å². The summed E-state index contributed by atoms with van der Waals surface area (Å²) in [4.78, 5) is 70.4. The molecule has 0 saturated heterocycles. The van der Waals surface area contributed by atoms with Gasteiger partial charge in [-0.3, -0.25) is 4.79 Å². The minimum Gasteiger partial charge on any atom is -0.465 e. The first-order valence-corrected chi connectivity index (χ1v) is 38.4. The largest absolute Gasteiger partial charge is 0.488 e. The topological polar surface area (TPSA) is 229 Å². The van der Waals surface area contributed by atoms with Gasteiger partial charge in [0.1, 0.15) is 0 Å². The van der Waals surface area contributed by atoms with E-state index in [1.165, 1.54) is 7.11 Å². The van der Waals surface area contributed by atoms with Crippen molar-refractivity contribution in [1.82, 2.24) is 0 Å². The first kappa shape index (κ1) is 107. The predicted molar refractivity (Wildman–Crippen MR) is 483 cm³/mol. The fraction of sp³-hybridized carbons (Fsp3) is 0.312. The molecule has 0 unspecified atom stereocenters. The maximum Gasteiger partial charge on any atom is 0.488 e. The lowest BCUT2D eigenvalue weighted by atomic mass is 9.81. The van der Waals surface area contributed by atoms with Crippen LogP contribution in [-0.2, 0) is 23.7 Å². The molecule has 0 aliphatic rings. The van der Waals surface area contributed by atoms with E-state index < -0.39 is 12.4 Å². The van der Waals surface area contributed by atoms with Crippen molar-refractivity contribution in [1.29, 1.82) is 0 Å². The first-order valence-electron chi connectivity index (χ1n) is 37.2. The Kier molecular flexibility index (Phi) is 54.2. The fourth-order valence-corrected chi connectivity index (χ4v) is 11.4.